The molecule has 4 rings (SSSR count). The number of amidine groups is 1. The first kappa shape index (κ1) is 16.4. The Balaban J connectivity index is 1.68. The highest BCUT2D eigenvalue weighted by atomic mass is 35.5. The highest BCUT2D eigenvalue weighted by Crippen LogP contribution is 2.39. The fraction of sp³-hybridized carbons (Fsp3) is 0.350. The van der Waals surface area contributed by atoms with Gasteiger partial charge in [0, 0.05) is 5.02 Å². The molecule has 2 aliphatic rings. The second kappa shape index (κ2) is 6.68. The van der Waals surface area contributed by atoms with Crippen molar-refractivity contribution in [3.63, 3.8) is 0 Å². The van der Waals surface area contributed by atoms with Crippen LogP contribution in [-0.2, 0) is 6.54 Å². The molecule has 0 amide bonds. The van der Waals surface area contributed by atoms with Gasteiger partial charge in [-0.2, -0.15) is 0 Å². The summed E-state index contributed by atoms with van der Waals surface area (Å²) in [6.45, 7) is 0.553. The molecular weight excluding hydrogens is 337 g/mol. The Hall–Kier alpha value is -2.07. The first-order chi connectivity index (χ1) is 12.1. The van der Waals surface area contributed by atoms with Crippen molar-refractivity contribution in [1.82, 2.24) is 0 Å². The van der Waals surface area contributed by atoms with Crippen molar-refractivity contribution in [2.75, 3.05) is 10.6 Å². The third-order valence-electron chi connectivity index (χ3n) is 5.08. The van der Waals surface area contributed by atoms with Gasteiger partial charge in [-0.3, -0.25) is 4.99 Å². The van der Waals surface area contributed by atoms with Crippen molar-refractivity contribution in [3.8, 4) is 0 Å². The quantitative estimate of drug-likeness (QED) is 0.732. The molecule has 0 aromatic heterocycles. The second-order valence-electron chi connectivity index (χ2n) is 6.88. The van der Waals surface area contributed by atoms with Gasteiger partial charge >= 0.3 is 0 Å². The maximum absolute atomic E-state index is 13.6. The van der Waals surface area contributed by atoms with Crippen molar-refractivity contribution in [1.29, 1.82) is 0 Å². The minimum atomic E-state index is -0.248. The fourth-order valence-electron chi connectivity index (χ4n) is 3.81. The number of anilines is 2. The maximum Gasteiger partial charge on any atom is 0.127 e. The van der Waals surface area contributed by atoms with Crippen LogP contribution in [0.15, 0.2) is 47.5 Å². The van der Waals surface area contributed by atoms with Crippen molar-refractivity contribution >= 4 is 28.8 Å². The molecule has 25 heavy (non-hydrogen) atoms. The standard InChI is InChI=1S/C20H21ClFN3/c21-15-6-4-5-14(11-15)13-23-19-20(9-2-1-3-10-20)25-17-8-7-16(22)12-18(17)24-19/h4-8,11-12,25H,1-3,9-10,13H2,(H,23,24). The highest BCUT2D eigenvalue weighted by molar-refractivity contribution is 6.30. The summed E-state index contributed by atoms with van der Waals surface area (Å²) < 4.78 is 13.6. The normalized spacial score (nSPS) is 20.0. The van der Waals surface area contributed by atoms with E-state index in [4.69, 9.17) is 16.6 Å². The topological polar surface area (TPSA) is 36.4 Å². The lowest BCUT2D eigenvalue weighted by Gasteiger charge is -2.44. The zero-order chi connectivity index (χ0) is 17.3. The SMILES string of the molecule is Fc1ccc2c(c1)NC(=NCc1cccc(Cl)c1)C1(CCCCC1)N2. The number of aliphatic imine (C=N–C) groups is 1. The average molecular weight is 358 g/mol. The number of hydrogen-bond donors (Lipinski definition) is 2. The first-order valence-electron chi connectivity index (χ1n) is 8.79. The molecule has 5 heteroatoms. The smallest absolute Gasteiger partial charge is 0.127 e. The van der Waals surface area contributed by atoms with Crippen LogP contribution in [0.4, 0.5) is 15.8 Å². The Kier molecular flexibility index (Phi) is 4.38. The predicted molar refractivity (Wildman–Crippen MR) is 102 cm³/mol. The lowest BCUT2D eigenvalue weighted by atomic mass is 9.79. The Morgan fingerprint density at radius 1 is 1.04 bits per heavy atom. The molecule has 1 fully saturated rings. The summed E-state index contributed by atoms with van der Waals surface area (Å²) in [6, 6.07) is 12.6. The second-order valence-corrected chi connectivity index (χ2v) is 7.31. The van der Waals surface area contributed by atoms with E-state index in [-0.39, 0.29) is 11.4 Å². The molecule has 3 nitrogen and oxygen atoms in total. The van der Waals surface area contributed by atoms with E-state index in [2.05, 4.69) is 10.6 Å². The molecule has 1 spiro atoms. The average Bonchev–Trinajstić information content (AvgIpc) is 2.61. The summed E-state index contributed by atoms with van der Waals surface area (Å²) in [5.41, 5.74) is 2.59. The van der Waals surface area contributed by atoms with Crippen LogP contribution in [0.1, 0.15) is 37.7 Å². The minimum absolute atomic E-state index is 0.179. The van der Waals surface area contributed by atoms with Crippen LogP contribution in [0.5, 0.6) is 0 Å². The molecule has 2 aromatic rings. The zero-order valence-electron chi connectivity index (χ0n) is 14.0. The molecule has 1 heterocycles. The number of rotatable bonds is 2. The molecule has 130 valence electrons. The van der Waals surface area contributed by atoms with Crippen LogP contribution < -0.4 is 10.6 Å². The van der Waals surface area contributed by atoms with Gasteiger partial charge in [-0.25, -0.2) is 4.39 Å². The van der Waals surface area contributed by atoms with Gasteiger partial charge < -0.3 is 10.6 Å². The Morgan fingerprint density at radius 2 is 1.88 bits per heavy atom. The van der Waals surface area contributed by atoms with Gasteiger partial charge in [0.05, 0.1) is 23.5 Å². The van der Waals surface area contributed by atoms with E-state index >= 15 is 0 Å². The van der Waals surface area contributed by atoms with Gasteiger partial charge in [-0.05, 0) is 48.7 Å². The monoisotopic (exact) mass is 357 g/mol. The van der Waals surface area contributed by atoms with Crippen molar-refractivity contribution in [2.24, 2.45) is 4.99 Å². The highest BCUT2D eigenvalue weighted by Gasteiger charge is 2.40. The minimum Gasteiger partial charge on any atom is -0.371 e. The maximum atomic E-state index is 13.6. The summed E-state index contributed by atoms with van der Waals surface area (Å²) in [4.78, 5) is 4.86. The number of nitrogens with zero attached hydrogens (tertiary/aromatic N) is 1. The molecule has 0 radical (unpaired) electrons. The van der Waals surface area contributed by atoms with Gasteiger partial charge in [0.1, 0.15) is 11.7 Å². The largest absolute Gasteiger partial charge is 0.371 e. The molecule has 1 aliphatic carbocycles. The van der Waals surface area contributed by atoms with Crippen LogP contribution in [0.25, 0.3) is 0 Å². The molecule has 0 atom stereocenters. The number of nitrogens with one attached hydrogen (secondary N) is 2. The van der Waals surface area contributed by atoms with Gasteiger partial charge in [0.15, 0.2) is 0 Å². The lowest BCUT2D eigenvalue weighted by molar-refractivity contribution is 0.402. The van der Waals surface area contributed by atoms with Crippen LogP contribution in [0.2, 0.25) is 5.02 Å². The van der Waals surface area contributed by atoms with E-state index in [0.29, 0.717) is 11.6 Å². The summed E-state index contributed by atoms with van der Waals surface area (Å²) in [5, 5.41) is 7.76. The lowest BCUT2D eigenvalue weighted by Crippen LogP contribution is -2.53. The summed E-state index contributed by atoms with van der Waals surface area (Å²) in [5.74, 6) is 0.659. The number of hydrogen-bond acceptors (Lipinski definition) is 2. The van der Waals surface area contributed by atoms with Gasteiger partial charge in [0.2, 0.25) is 0 Å². The molecular formula is C20H21ClFN3. The number of halogens is 2. The van der Waals surface area contributed by atoms with Crippen molar-refractivity contribution in [3.05, 3.63) is 58.9 Å². The summed E-state index contributed by atoms with van der Waals surface area (Å²) in [6.07, 6.45) is 5.65. The van der Waals surface area contributed by atoms with E-state index in [1.165, 1.54) is 31.4 Å². The van der Waals surface area contributed by atoms with E-state index in [9.17, 15) is 4.39 Å². The Bertz CT molecular complexity index is 812. The van der Waals surface area contributed by atoms with Crippen molar-refractivity contribution < 1.29 is 4.39 Å². The number of fused-ring (bicyclic) bond motifs is 1. The van der Waals surface area contributed by atoms with E-state index in [1.54, 1.807) is 0 Å². The first-order valence-corrected chi connectivity index (χ1v) is 9.17. The Morgan fingerprint density at radius 3 is 2.68 bits per heavy atom. The molecule has 2 N–H and O–H groups in total. The van der Waals surface area contributed by atoms with E-state index in [1.807, 2.05) is 30.3 Å². The summed E-state index contributed by atoms with van der Waals surface area (Å²) >= 11 is 6.07. The van der Waals surface area contributed by atoms with Gasteiger partial charge in [-0.15, -0.1) is 0 Å². The molecule has 0 saturated heterocycles. The van der Waals surface area contributed by atoms with E-state index in [0.717, 1.165) is 35.6 Å². The van der Waals surface area contributed by atoms with Crippen LogP contribution >= 0.6 is 11.6 Å². The van der Waals surface area contributed by atoms with E-state index < -0.39 is 0 Å². The van der Waals surface area contributed by atoms with Crippen molar-refractivity contribution in [2.45, 2.75) is 44.2 Å². The summed E-state index contributed by atoms with van der Waals surface area (Å²) in [7, 11) is 0. The molecule has 0 bridgehead atoms. The fourth-order valence-corrected chi connectivity index (χ4v) is 4.02. The zero-order valence-corrected chi connectivity index (χ0v) is 14.7. The molecule has 0 unspecified atom stereocenters. The molecule has 1 saturated carbocycles. The Labute approximate surface area is 152 Å². The number of benzene rings is 2. The third kappa shape index (κ3) is 3.36. The third-order valence-corrected chi connectivity index (χ3v) is 5.31. The van der Waals surface area contributed by atoms with Crippen LogP contribution in [0.3, 0.4) is 0 Å². The predicted octanol–water partition coefficient (Wildman–Crippen LogP) is 5.62. The van der Waals surface area contributed by atoms with Crippen LogP contribution in [-0.4, -0.2) is 11.4 Å². The van der Waals surface area contributed by atoms with Gasteiger partial charge in [-0.1, -0.05) is 43.0 Å². The molecule has 1 aliphatic heterocycles. The van der Waals surface area contributed by atoms with Crippen LogP contribution in [0, 0.1) is 5.82 Å². The van der Waals surface area contributed by atoms with Gasteiger partial charge in [0.25, 0.3) is 0 Å². The molecule has 2 aromatic carbocycles.